The van der Waals surface area contributed by atoms with Crippen molar-refractivity contribution < 1.29 is 14.1 Å². The number of oxazole rings is 1. The van der Waals surface area contributed by atoms with Gasteiger partial charge in [-0.2, -0.15) is 10.1 Å². The maximum atomic E-state index is 11.7. The SMILES string of the molecule is Nc1nc2cc(-c3nn(CC4S[S+]([O-])CC4O)c4ncnc(N)c34)ccc2o1. The van der Waals surface area contributed by atoms with E-state index in [1.165, 1.54) is 17.1 Å². The third kappa shape index (κ3) is 2.85. The summed E-state index contributed by atoms with van der Waals surface area (Å²) in [5, 5.41) is 15.2. The van der Waals surface area contributed by atoms with E-state index in [0.29, 0.717) is 40.2 Å². The molecule has 0 saturated carbocycles. The number of rotatable bonds is 3. The molecule has 12 heteroatoms. The summed E-state index contributed by atoms with van der Waals surface area (Å²) in [5.74, 6) is 0.553. The number of benzene rings is 1. The summed E-state index contributed by atoms with van der Waals surface area (Å²) >= 11 is 0. The molecular formula is C16H15N7O3S2. The van der Waals surface area contributed by atoms with Crippen LogP contribution in [0.2, 0.25) is 0 Å². The number of aliphatic hydroxyl groups excluding tert-OH is 1. The van der Waals surface area contributed by atoms with Crippen molar-refractivity contribution in [1.29, 1.82) is 0 Å². The van der Waals surface area contributed by atoms with Gasteiger partial charge in [-0.3, -0.25) is 0 Å². The van der Waals surface area contributed by atoms with Gasteiger partial charge in [0.15, 0.2) is 11.2 Å². The topological polar surface area (TPSA) is 165 Å². The third-order valence-corrected chi connectivity index (χ3v) is 7.89. The Kier molecular flexibility index (Phi) is 4.08. The minimum absolute atomic E-state index is 0.0885. The molecule has 1 aromatic carbocycles. The summed E-state index contributed by atoms with van der Waals surface area (Å²) in [6.07, 6.45) is 0.708. The molecule has 0 radical (unpaired) electrons. The lowest BCUT2D eigenvalue weighted by molar-refractivity contribution is 0.189. The van der Waals surface area contributed by atoms with Gasteiger partial charge in [0.25, 0.3) is 6.01 Å². The van der Waals surface area contributed by atoms with Crippen LogP contribution < -0.4 is 11.5 Å². The van der Waals surface area contributed by atoms with Gasteiger partial charge >= 0.3 is 0 Å². The Balaban J connectivity index is 1.64. The van der Waals surface area contributed by atoms with E-state index in [4.69, 9.17) is 15.9 Å². The highest BCUT2D eigenvalue weighted by Crippen LogP contribution is 2.36. The normalized spacial score (nSPS) is 22.4. The Hall–Kier alpha value is -2.54. The molecular weight excluding hydrogens is 402 g/mol. The van der Waals surface area contributed by atoms with Gasteiger partial charge < -0.3 is 25.5 Å². The number of anilines is 2. The molecule has 3 atom stereocenters. The Labute approximate surface area is 164 Å². The van der Waals surface area contributed by atoms with E-state index < -0.39 is 16.3 Å². The highest BCUT2D eigenvalue weighted by molar-refractivity contribution is 8.72. The predicted octanol–water partition coefficient (Wildman–Crippen LogP) is 0.939. The van der Waals surface area contributed by atoms with Crippen LogP contribution in [0.15, 0.2) is 28.9 Å². The van der Waals surface area contributed by atoms with Crippen molar-refractivity contribution in [2.45, 2.75) is 17.9 Å². The smallest absolute Gasteiger partial charge is 0.292 e. The maximum Gasteiger partial charge on any atom is 0.292 e. The summed E-state index contributed by atoms with van der Waals surface area (Å²) in [5.41, 5.74) is 14.8. The van der Waals surface area contributed by atoms with Crippen LogP contribution in [0.1, 0.15) is 0 Å². The van der Waals surface area contributed by atoms with Crippen LogP contribution in [0.4, 0.5) is 11.8 Å². The number of hydrogen-bond donors (Lipinski definition) is 3. The van der Waals surface area contributed by atoms with E-state index in [-0.39, 0.29) is 17.0 Å². The monoisotopic (exact) mass is 417 g/mol. The number of hydrogen-bond acceptors (Lipinski definition) is 10. The van der Waals surface area contributed by atoms with Crippen LogP contribution >= 0.6 is 10.8 Å². The van der Waals surface area contributed by atoms with Crippen molar-refractivity contribution in [3.63, 3.8) is 0 Å². The Morgan fingerprint density at radius 2 is 2.21 bits per heavy atom. The average molecular weight is 417 g/mol. The van der Waals surface area contributed by atoms with Gasteiger partial charge in [0.05, 0.1) is 22.7 Å². The lowest BCUT2D eigenvalue weighted by atomic mass is 10.1. The fourth-order valence-electron chi connectivity index (χ4n) is 3.26. The lowest BCUT2D eigenvalue weighted by Crippen LogP contribution is -2.25. The average Bonchev–Trinajstić information content (AvgIpc) is 3.30. The highest BCUT2D eigenvalue weighted by atomic mass is 33.1. The molecule has 4 aromatic rings. The minimum atomic E-state index is -1.10. The zero-order chi connectivity index (χ0) is 19.4. The Bertz CT molecular complexity index is 1190. The van der Waals surface area contributed by atoms with Crippen LogP contribution in [-0.4, -0.2) is 51.5 Å². The largest absolute Gasteiger partial charge is 0.605 e. The van der Waals surface area contributed by atoms with Crippen molar-refractivity contribution in [1.82, 2.24) is 24.7 Å². The first-order valence-corrected chi connectivity index (χ1v) is 11.1. The quantitative estimate of drug-likeness (QED) is 0.322. The van der Waals surface area contributed by atoms with Gasteiger partial charge in [0.1, 0.15) is 40.5 Å². The summed E-state index contributed by atoms with van der Waals surface area (Å²) in [7, 11) is 0.142. The predicted molar refractivity (Wildman–Crippen MR) is 108 cm³/mol. The van der Waals surface area contributed by atoms with E-state index >= 15 is 0 Å². The molecule has 0 bridgehead atoms. The number of aromatic nitrogens is 5. The van der Waals surface area contributed by atoms with Crippen molar-refractivity contribution in [3.05, 3.63) is 24.5 Å². The molecule has 1 fully saturated rings. The van der Waals surface area contributed by atoms with E-state index in [2.05, 4.69) is 20.1 Å². The number of nitrogens with two attached hydrogens (primary N) is 2. The second-order valence-electron chi connectivity index (χ2n) is 6.40. The molecule has 144 valence electrons. The second-order valence-corrected chi connectivity index (χ2v) is 9.83. The van der Waals surface area contributed by atoms with E-state index in [1.807, 2.05) is 12.1 Å². The van der Waals surface area contributed by atoms with E-state index in [0.717, 1.165) is 5.56 Å². The standard InChI is InChI=1S/C16H15N7O3S2/c17-14-12-13(7-1-2-10-8(3-7)21-16(18)26-10)22-23(15(12)20-6-19-14)4-11-9(24)5-28(25)27-11/h1-3,6,9,11,24H,4-5H2,(H2,18,21)(H2,17,19,20). The molecule has 4 heterocycles. The molecule has 0 spiro atoms. The Morgan fingerprint density at radius 3 is 3.00 bits per heavy atom. The Morgan fingerprint density at radius 1 is 1.36 bits per heavy atom. The van der Waals surface area contributed by atoms with Crippen molar-refractivity contribution >= 4 is 55.0 Å². The second kappa shape index (κ2) is 6.51. The van der Waals surface area contributed by atoms with Crippen molar-refractivity contribution in [3.8, 4) is 11.3 Å². The minimum Gasteiger partial charge on any atom is -0.605 e. The molecule has 1 aliphatic rings. The van der Waals surface area contributed by atoms with Gasteiger partial charge in [-0.1, -0.05) is 0 Å². The molecule has 3 unspecified atom stereocenters. The molecule has 5 rings (SSSR count). The van der Waals surface area contributed by atoms with E-state index in [9.17, 15) is 9.66 Å². The summed E-state index contributed by atoms with van der Waals surface area (Å²) in [4.78, 5) is 12.6. The number of aliphatic hydroxyl groups is 1. The van der Waals surface area contributed by atoms with Gasteiger partial charge in [-0.15, -0.1) is 0 Å². The first kappa shape index (κ1) is 17.6. The first-order valence-electron chi connectivity index (χ1n) is 8.36. The molecule has 3 aromatic heterocycles. The number of nitrogens with zero attached hydrogens (tertiary/aromatic N) is 5. The third-order valence-electron chi connectivity index (χ3n) is 4.56. The summed E-state index contributed by atoms with van der Waals surface area (Å²) < 4.78 is 18.7. The number of fused-ring (bicyclic) bond motifs is 2. The van der Waals surface area contributed by atoms with Crippen molar-refractivity contribution in [2.24, 2.45) is 0 Å². The zero-order valence-electron chi connectivity index (χ0n) is 14.3. The van der Waals surface area contributed by atoms with Crippen LogP contribution in [-0.2, 0) is 16.8 Å². The van der Waals surface area contributed by atoms with Crippen LogP contribution in [0, 0.1) is 0 Å². The number of nitrogen functional groups attached to an aromatic ring is 2. The van der Waals surface area contributed by atoms with Gasteiger partial charge in [0, 0.05) is 15.8 Å². The van der Waals surface area contributed by atoms with E-state index in [1.54, 1.807) is 10.7 Å². The highest BCUT2D eigenvalue weighted by Gasteiger charge is 2.38. The maximum absolute atomic E-state index is 11.7. The molecule has 1 saturated heterocycles. The molecule has 5 N–H and O–H groups in total. The van der Waals surface area contributed by atoms with Crippen molar-refractivity contribution in [2.75, 3.05) is 17.2 Å². The van der Waals surface area contributed by atoms with Gasteiger partial charge in [-0.25, -0.2) is 14.6 Å². The zero-order valence-corrected chi connectivity index (χ0v) is 16.0. The summed E-state index contributed by atoms with van der Waals surface area (Å²) in [6, 6.07) is 5.49. The molecule has 10 nitrogen and oxygen atoms in total. The van der Waals surface area contributed by atoms with Gasteiger partial charge in [-0.05, 0) is 18.2 Å². The van der Waals surface area contributed by atoms with Gasteiger partial charge in [0.2, 0.25) is 0 Å². The molecule has 1 aliphatic heterocycles. The van der Waals surface area contributed by atoms with Crippen LogP contribution in [0.5, 0.6) is 0 Å². The van der Waals surface area contributed by atoms with Crippen LogP contribution in [0.25, 0.3) is 33.4 Å². The molecule has 0 amide bonds. The fraction of sp³-hybridized carbons (Fsp3) is 0.250. The molecule has 0 aliphatic carbocycles. The lowest BCUT2D eigenvalue weighted by Gasteiger charge is -2.09. The molecule has 28 heavy (non-hydrogen) atoms. The first-order chi connectivity index (χ1) is 13.5. The van der Waals surface area contributed by atoms with Crippen LogP contribution in [0.3, 0.4) is 0 Å². The summed E-state index contributed by atoms with van der Waals surface area (Å²) in [6.45, 7) is 0.351. The fourth-order valence-corrected chi connectivity index (χ4v) is 6.73.